The Morgan fingerprint density at radius 3 is 1.96 bits per heavy atom. The third kappa shape index (κ3) is 9.49. The van der Waals surface area contributed by atoms with E-state index < -0.39 is 49.3 Å². The third-order valence-electron chi connectivity index (χ3n) is 8.33. The quantitative estimate of drug-likeness (QED) is 0.0627. The smallest absolute Gasteiger partial charge is 0.370 e. The molecule has 4 rings (SSSR count). The van der Waals surface area contributed by atoms with Crippen molar-refractivity contribution >= 4 is 179 Å². The van der Waals surface area contributed by atoms with Gasteiger partial charge >= 0.3 is 5.97 Å². The summed E-state index contributed by atoms with van der Waals surface area (Å²) in [5.41, 5.74) is 3.19. The Balaban J connectivity index is 1.70. The Labute approximate surface area is 374 Å². The first-order valence-corrected chi connectivity index (χ1v) is 24.3. The first-order chi connectivity index (χ1) is 23.0. The van der Waals surface area contributed by atoms with Crippen LogP contribution in [0.1, 0.15) is 38.3 Å². The number of aliphatic carboxylic acids is 1. The van der Waals surface area contributed by atoms with E-state index in [0.717, 1.165) is 38.4 Å². The molecule has 10 nitrogen and oxygen atoms in total. The maximum Gasteiger partial charge on any atom is 0.370 e. The Morgan fingerprint density at radius 2 is 1.38 bits per heavy atom. The maximum absolute atomic E-state index is 12.3. The number of hydrogen-bond acceptors (Lipinski definition) is 6. The van der Waals surface area contributed by atoms with E-state index in [9.17, 15) is 35.8 Å². The van der Waals surface area contributed by atoms with Gasteiger partial charge in [0.05, 0.1) is 17.1 Å². The number of rotatable bonds is 12. The third-order valence-corrected chi connectivity index (χ3v) is 20.3. The minimum absolute atomic E-state index is 0.245. The van der Waals surface area contributed by atoms with Gasteiger partial charge in [0, 0.05) is 62.5 Å². The van der Waals surface area contributed by atoms with Gasteiger partial charge < -0.3 is 10.0 Å². The molecule has 0 fully saturated rings. The van der Waals surface area contributed by atoms with E-state index >= 15 is 0 Å². The van der Waals surface area contributed by atoms with Crippen LogP contribution in [0.3, 0.4) is 0 Å². The summed E-state index contributed by atoms with van der Waals surface area (Å²) in [5.74, 6) is -2.05. The molecule has 50 heavy (non-hydrogen) atoms. The highest BCUT2D eigenvalue weighted by Gasteiger charge is 2.52. The van der Waals surface area contributed by atoms with Gasteiger partial charge in [0.2, 0.25) is 12.2 Å². The van der Waals surface area contributed by atoms with Gasteiger partial charge in [-0.05, 0) is 161 Å². The van der Waals surface area contributed by atoms with Crippen LogP contribution < -0.4 is 4.90 Å². The lowest BCUT2D eigenvalue weighted by Crippen LogP contribution is -2.39. The van der Waals surface area contributed by atoms with Crippen molar-refractivity contribution in [1.29, 1.82) is 0 Å². The van der Waals surface area contributed by atoms with Crippen LogP contribution in [0.4, 0.5) is 11.4 Å². The molecule has 0 bridgehead atoms. The van der Waals surface area contributed by atoms with Crippen molar-refractivity contribution in [2.45, 2.75) is 38.0 Å². The van der Waals surface area contributed by atoms with E-state index in [0.29, 0.717) is 23.5 Å². The minimum Gasteiger partial charge on any atom is -0.477 e. The van der Waals surface area contributed by atoms with Crippen LogP contribution in [0.2, 0.25) is 0 Å². The standard InChI is InChI=1S/C32H30I6N2O8S2/c1-31(2)22(39(12-9-13-49(43,44)45)20-14-18(33)27(35)29(37)25(20)31)10-7-5-4-6-8-11-23-32(3,17-50(46,47)48)26-21(40(23)16-24(41)42)15-19(34)28(36)30(26)38/h4-8,10-11,14-15H,9,12-13,16-17H2,1-3H3,(H2-,41,42,43,44,45,46,47,48)/p+1. The Hall–Kier alpha value is 0.540. The molecule has 0 aliphatic carbocycles. The highest BCUT2D eigenvalue weighted by atomic mass is 127. The summed E-state index contributed by atoms with van der Waals surface area (Å²) in [5, 5.41) is 9.79. The predicted octanol–water partition coefficient (Wildman–Crippen LogP) is 8.27. The second-order valence-corrected chi connectivity index (χ2v) is 21.9. The fraction of sp³-hybridized carbons (Fsp3) is 0.312. The summed E-state index contributed by atoms with van der Waals surface area (Å²) in [4.78, 5) is 14.1. The van der Waals surface area contributed by atoms with Gasteiger partial charge in [0.25, 0.3) is 20.2 Å². The largest absolute Gasteiger partial charge is 0.477 e. The van der Waals surface area contributed by atoms with Crippen molar-refractivity contribution in [1.82, 2.24) is 0 Å². The molecule has 0 saturated heterocycles. The van der Waals surface area contributed by atoms with E-state index in [1.54, 1.807) is 35.8 Å². The van der Waals surface area contributed by atoms with Crippen LogP contribution in [-0.2, 0) is 35.9 Å². The van der Waals surface area contributed by atoms with Crippen molar-refractivity contribution < 1.29 is 40.4 Å². The van der Waals surface area contributed by atoms with Crippen molar-refractivity contribution in [2.75, 3.05) is 29.5 Å². The van der Waals surface area contributed by atoms with Gasteiger partial charge in [-0.1, -0.05) is 44.2 Å². The molecule has 1 unspecified atom stereocenters. The molecule has 0 amide bonds. The van der Waals surface area contributed by atoms with Gasteiger partial charge in [-0.25, -0.2) is 4.79 Å². The maximum atomic E-state index is 12.3. The lowest BCUT2D eigenvalue weighted by Gasteiger charge is -2.27. The number of halogens is 6. The predicted molar refractivity (Wildman–Crippen MR) is 247 cm³/mol. The number of fused-ring (bicyclic) bond motifs is 2. The van der Waals surface area contributed by atoms with Crippen molar-refractivity contribution in [3.8, 4) is 0 Å². The van der Waals surface area contributed by atoms with E-state index in [1.807, 2.05) is 24.3 Å². The molecular formula is C32H31I6N2O8S2+. The number of nitrogens with zero attached hydrogens (tertiary/aromatic N) is 2. The van der Waals surface area contributed by atoms with Crippen molar-refractivity contribution in [3.63, 3.8) is 0 Å². The average Bonchev–Trinajstić information content (AvgIpc) is 3.30. The van der Waals surface area contributed by atoms with Gasteiger partial charge in [-0.15, -0.1) is 0 Å². The fourth-order valence-electron chi connectivity index (χ4n) is 6.38. The molecule has 2 aliphatic rings. The van der Waals surface area contributed by atoms with Gasteiger partial charge in [-0.2, -0.15) is 21.4 Å². The second-order valence-electron chi connectivity index (χ2n) is 12.3. The minimum atomic E-state index is -4.46. The molecule has 3 N–H and O–H groups in total. The lowest BCUT2D eigenvalue weighted by atomic mass is 9.81. The first kappa shape index (κ1) is 43.3. The van der Waals surface area contributed by atoms with E-state index in [-0.39, 0.29) is 12.2 Å². The molecule has 1 atom stereocenters. The lowest BCUT2D eigenvalue weighted by molar-refractivity contribution is -0.428. The van der Waals surface area contributed by atoms with Crippen LogP contribution in [0.5, 0.6) is 0 Å². The summed E-state index contributed by atoms with van der Waals surface area (Å²) in [6, 6.07) is 3.95. The van der Waals surface area contributed by atoms with Gasteiger partial charge in [0.15, 0.2) is 5.71 Å². The first-order valence-electron chi connectivity index (χ1n) is 14.6. The zero-order chi connectivity index (χ0) is 37.6. The van der Waals surface area contributed by atoms with E-state index in [2.05, 4.69) is 160 Å². The SMILES string of the molecule is CC1(CS(=O)(=O)O)C(/C=C/C=C/C=C/C=C2\N(CCCS(=O)(=O)O)c3cc(I)c(I)c(I)c3C2(C)C)=[N+](CC(=O)O)c2cc(I)c(I)c(I)c21. The number of carbonyl (C=O) groups is 1. The van der Waals surface area contributed by atoms with Crippen molar-refractivity contribution in [2.24, 2.45) is 0 Å². The average molecular weight is 1400 g/mol. The molecule has 18 heteroatoms. The normalized spacial score (nSPS) is 19.9. The molecule has 2 heterocycles. The Bertz CT molecular complexity index is 2140. The molecule has 2 aromatic rings. The van der Waals surface area contributed by atoms with Gasteiger partial charge in [0.1, 0.15) is 5.41 Å². The molecule has 0 radical (unpaired) electrons. The Kier molecular flexibility index (Phi) is 14.5. The number of benzene rings is 2. The summed E-state index contributed by atoms with van der Waals surface area (Å²) < 4.78 is 74.5. The molecule has 2 aliphatic heterocycles. The summed E-state index contributed by atoms with van der Waals surface area (Å²) >= 11 is 13.5. The Morgan fingerprint density at radius 1 is 0.820 bits per heavy atom. The second kappa shape index (κ2) is 16.7. The van der Waals surface area contributed by atoms with Crippen LogP contribution in [0.15, 0.2) is 60.4 Å². The number of anilines is 1. The van der Waals surface area contributed by atoms with E-state index in [1.165, 1.54) is 0 Å². The molecule has 270 valence electrons. The molecular weight excluding hydrogens is 1370 g/mol. The van der Waals surface area contributed by atoms with Crippen molar-refractivity contribution in [3.05, 3.63) is 92.9 Å². The highest BCUT2D eigenvalue weighted by molar-refractivity contribution is 14.1. The van der Waals surface area contributed by atoms with Crippen LogP contribution in [0, 0.1) is 21.4 Å². The summed E-state index contributed by atoms with van der Waals surface area (Å²) in [7, 11) is -8.56. The fourth-order valence-corrected chi connectivity index (χ4v) is 13.3. The highest BCUT2D eigenvalue weighted by Crippen LogP contribution is 2.51. The molecule has 0 aromatic heterocycles. The molecule has 0 spiro atoms. The van der Waals surface area contributed by atoms with Crippen LogP contribution >= 0.6 is 136 Å². The topological polar surface area (TPSA) is 152 Å². The number of carboxylic acids is 1. The van der Waals surface area contributed by atoms with Gasteiger partial charge in [-0.3, -0.25) is 9.11 Å². The van der Waals surface area contributed by atoms with Crippen LogP contribution in [0.25, 0.3) is 0 Å². The number of hydrogen-bond donors (Lipinski definition) is 3. The zero-order valence-corrected chi connectivity index (χ0v) is 41.2. The summed E-state index contributed by atoms with van der Waals surface area (Å²) in [6.45, 7) is 5.96. The molecule has 2 aromatic carbocycles. The number of allylic oxidation sites excluding steroid dienone is 8. The summed E-state index contributed by atoms with van der Waals surface area (Å²) in [6.07, 6.45) is 12.9. The zero-order valence-electron chi connectivity index (χ0n) is 26.6. The monoisotopic (exact) mass is 1400 g/mol. The van der Waals surface area contributed by atoms with Crippen LogP contribution in [-0.4, -0.2) is 71.9 Å². The van der Waals surface area contributed by atoms with E-state index in [4.69, 9.17) is 0 Å². The molecule has 0 saturated carbocycles. The number of carboxylic acid groups (broad SMARTS) is 1.